The number of hydrogen-bond acceptors (Lipinski definition) is 6. The third-order valence-electron chi connectivity index (χ3n) is 5.88. The zero-order chi connectivity index (χ0) is 21.5. The first-order chi connectivity index (χ1) is 15.0. The summed E-state index contributed by atoms with van der Waals surface area (Å²) >= 11 is 0. The van der Waals surface area contributed by atoms with E-state index >= 15 is 0 Å². The first-order valence-electron chi connectivity index (χ1n) is 10.4. The summed E-state index contributed by atoms with van der Waals surface area (Å²) in [6.07, 6.45) is 5.56. The summed E-state index contributed by atoms with van der Waals surface area (Å²) in [5.74, 6) is -0.468. The van der Waals surface area contributed by atoms with E-state index in [2.05, 4.69) is 15.4 Å². The van der Waals surface area contributed by atoms with Crippen LogP contribution in [0.15, 0.2) is 47.5 Å². The van der Waals surface area contributed by atoms with Gasteiger partial charge in [0, 0.05) is 23.2 Å². The number of esters is 1. The number of benzene rings is 1. The van der Waals surface area contributed by atoms with Gasteiger partial charge in [0.25, 0.3) is 5.56 Å². The van der Waals surface area contributed by atoms with Gasteiger partial charge in [-0.1, -0.05) is 6.07 Å². The molecule has 1 N–H and O–H groups in total. The van der Waals surface area contributed by atoms with Gasteiger partial charge < -0.3 is 14.6 Å². The average molecular weight is 417 g/mol. The Morgan fingerprint density at radius 1 is 1.19 bits per heavy atom. The van der Waals surface area contributed by atoms with Crippen molar-refractivity contribution in [3.8, 4) is 11.3 Å². The van der Waals surface area contributed by atoms with Crippen LogP contribution in [0.3, 0.4) is 0 Å². The van der Waals surface area contributed by atoms with Crippen molar-refractivity contribution in [2.24, 2.45) is 0 Å². The van der Waals surface area contributed by atoms with E-state index in [4.69, 9.17) is 4.74 Å². The van der Waals surface area contributed by atoms with Crippen LogP contribution in [-0.4, -0.2) is 45.3 Å². The Labute approximate surface area is 178 Å². The molecule has 0 unspecified atom stereocenters. The molecule has 1 fully saturated rings. The fraction of sp³-hybridized carbons (Fsp3) is 0.304. The molecule has 0 amide bonds. The largest absolute Gasteiger partial charge is 0.465 e. The number of nitrogens with zero attached hydrogens (tertiary/aromatic N) is 4. The number of hydrogen-bond donors (Lipinski definition) is 1. The van der Waals surface area contributed by atoms with E-state index < -0.39 is 5.97 Å². The molecule has 0 saturated carbocycles. The van der Waals surface area contributed by atoms with E-state index in [1.165, 1.54) is 7.11 Å². The van der Waals surface area contributed by atoms with Crippen molar-refractivity contribution in [2.45, 2.75) is 25.8 Å². The molecule has 0 atom stereocenters. The molecule has 1 aromatic carbocycles. The van der Waals surface area contributed by atoms with Gasteiger partial charge in [0.2, 0.25) is 0 Å². The van der Waals surface area contributed by atoms with Crippen LogP contribution >= 0.6 is 0 Å². The highest BCUT2D eigenvalue weighted by Crippen LogP contribution is 2.25. The summed E-state index contributed by atoms with van der Waals surface area (Å²) in [4.78, 5) is 29.8. The highest BCUT2D eigenvalue weighted by atomic mass is 16.5. The fourth-order valence-electron chi connectivity index (χ4n) is 4.29. The number of carbonyl (C=O) groups excluding carboxylic acids is 1. The number of imidazole rings is 1. The van der Waals surface area contributed by atoms with Crippen molar-refractivity contribution < 1.29 is 9.53 Å². The summed E-state index contributed by atoms with van der Waals surface area (Å²) in [5.41, 5.74) is 3.01. The second kappa shape index (κ2) is 7.63. The SMILES string of the molecule is COC(=O)c1cc(-c2ccc3c(=O)n(C4CCNCC4)ccc3c2)nn2cc(C)nc12. The fourth-order valence-corrected chi connectivity index (χ4v) is 4.29. The number of piperidine rings is 1. The van der Waals surface area contributed by atoms with E-state index in [9.17, 15) is 9.59 Å². The normalized spacial score (nSPS) is 14.9. The van der Waals surface area contributed by atoms with Crippen molar-refractivity contribution in [3.63, 3.8) is 0 Å². The molecule has 4 heterocycles. The smallest absolute Gasteiger partial charge is 0.341 e. The number of aryl methyl sites for hydroxylation is 1. The number of pyridine rings is 1. The lowest BCUT2D eigenvalue weighted by Gasteiger charge is -2.25. The van der Waals surface area contributed by atoms with Crippen LogP contribution in [0.2, 0.25) is 0 Å². The minimum Gasteiger partial charge on any atom is -0.465 e. The molecule has 8 nitrogen and oxygen atoms in total. The number of rotatable bonds is 3. The van der Waals surface area contributed by atoms with Gasteiger partial charge in [0.1, 0.15) is 5.56 Å². The Bertz CT molecular complexity index is 1370. The van der Waals surface area contributed by atoms with E-state index in [-0.39, 0.29) is 11.6 Å². The number of aromatic nitrogens is 4. The van der Waals surface area contributed by atoms with E-state index in [0.29, 0.717) is 22.3 Å². The van der Waals surface area contributed by atoms with E-state index in [0.717, 1.165) is 42.6 Å². The number of ether oxygens (including phenoxy) is 1. The molecular weight excluding hydrogens is 394 g/mol. The summed E-state index contributed by atoms with van der Waals surface area (Å²) in [6.45, 7) is 3.70. The topological polar surface area (TPSA) is 90.5 Å². The van der Waals surface area contributed by atoms with Crippen LogP contribution in [0.4, 0.5) is 0 Å². The van der Waals surface area contributed by atoms with Crippen LogP contribution in [-0.2, 0) is 4.74 Å². The van der Waals surface area contributed by atoms with Crippen molar-refractivity contribution in [2.75, 3.05) is 20.2 Å². The predicted octanol–water partition coefficient (Wildman–Crippen LogP) is 2.73. The maximum Gasteiger partial charge on any atom is 0.341 e. The predicted molar refractivity (Wildman–Crippen MR) is 117 cm³/mol. The molecule has 4 aromatic rings. The third-order valence-corrected chi connectivity index (χ3v) is 5.88. The van der Waals surface area contributed by atoms with Crippen LogP contribution in [0, 0.1) is 6.92 Å². The van der Waals surface area contributed by atoms with Crippen molar-refractivity contribution in [3.05, 3.63) is 64.3 Å². The quantitative estimate of drug-likeness (QED) is 0.516. The maximum absolute atomic E-state index is 13.1. The lowest BCUT2D eigenvalue weighted by Crippen LogP contribution is -2.34. The first-order valence-corrected chi connectivity index (χ1v) is 10.4. The lowest BCUT2D eigenvalue weighted by atomic mass is 10.0. The van der Waals surface area contributed by atoms with Gasteiger partial charge >= 0.3 is 5.97 Å². The number of methoxy groups -OCH3 is 1. The maximum atomic E-state index is 13.1. The Kier molecular flexibility index (Phi) is 4.78. The van der Waals surface area contributed by atoms with Crippen LogP contribution in [0.25, 0.3) is 27.7 Å². The van der Waals surface area contributed by atoms with Crippen molar-refractivity contribution >= 4 is 22.4 Å². The minimum atomic E-state index is -0.468. The summed E-state index contributed by atoms with van der Waals surface area (Å²) < 4.78 is 8.38. The Balaban J connectivity index is 1.61. The van der Waals surface area contributed by atoms with Gasteiger partial charge in [-0.15, -0.1) is 0 Å². The van der Waals surface area contributed by atoms with Gasteiger partial charge in [0.05, 0.1) is 24.7 Å². The monoisotopic (exact) mass is 417 g/mol. The number of fused-ring (bicyclic) bond motifs is 2. The van der Waals surface area contributed by atoms with Gasteiger partial charge in [-0.2, -0.15) is 5.10 Å². The molecule has 0 radical (unpaired) electrons. The van der Waals surface area contributed by atoms with Gasteiger partial charge in [-0.3, -0.25) is 4.79 Å². The summed E-state index contributed by atoms with van der Waals surface area (Å²) in [5, 5.41) is 9.48. The molecule has 0 spiro atoms. The van der Waals surface area contributed by atoms with E-state index in [1.54, 1.807) is 16.8 Å². The molecule has 3 aromatic heterocycles. The zero-order valence-corrected chi connectivity index (χ0v) is 17.5. The zero-order valence-electron chi connectivity index (χ0n) is 17.5. The molecule has 8 heteroatoms. The van der Waals surface area contributed by atoms with E-state index in [1.807, 2.05) is 42.0 Å². The molecular formula is C23H23N5O3. The van der Waals surface area contributed by atoms with Crippen molar-refractivity contribution in [1.82, 2.24) is 24.5 Å². The van der Waals surface area contributed by atoms with Gasteiger partial charge in [-0.25, -0.2) is 14.3 Å². The van der Waals surface area contributed by atoms with Gasteiger partial charge in [0.15, 0.2) is 5.65 Å². The molecule has 158 valence electrons. The van der Waals surface area contributed by atoms with Crippen molar-refractivity contribution in [1.29, 1.82) is 0 Å². The Hall–Kier alpha value is -3.52. The molecule has 1 saturated heterocycles. The average Bonchev–Trinajstić information content (AvgIpc) is 3.18. The number of nitrogens with one attached hydrogen (secondary N) is 1. The highest BCUT2D eigenvalue weighted by Gasteiger charge is 2.19. The standard InChI is InChI=1S/C23H23N5O3/c1-14-13-28-21(25-14)19(23(30)31-2)12-20(26-28)16-3-4-18-15(11-16)7-10-27(22(18)29)17-5-8-24-9-6-17/h3-4,7,10-13,17,24H,5-6,8-9H2,1-2H3. The second-order valence-corrected chi connectivity index (χ2v) is 7.90. The summed E-state index contributed by atoms with van der Waals surface area (Å²) in [7, 11) is 1.35. The highest BCUT2D eigenvalue weighted by molar-refractivity contribution is 5.97. The molecule has 0 bridgehead atoms. The molecule has 0 aliphatic carbocycles. The summed E-state index contributed by atoms with van der Waals surface area (Å²) in [6, 6.07) is 9.54. The Morgan fingerprint density at radius 2 is 2.00 bits per heavy atom. The third kappa shape index (κ3) is 3.38. The van der Waals surface area contributed by atoms with Gasteiger partial charge in [-0.05, 0) is 62.5 Å². The first kappa shape index (κ1) is 19.4. The molecule has 31 heavy (non-hydrogen) atoms. The lowest BCUT2D eigenvalue weighted by molar-refractivity contribution is 0.0602. The second-order valence-electron chi connectivity index (χ2n) is 7.90. The molecule has 1 aliphatic heterocycles. The molecule has 5 rings (SSSR count). The van der Waals surface area contributed by atoms with Crippen LogP contribution in [0.5, 0.6) is 0 Å². The Morgan fingerprint density at radius 3 is 2.77 bits per heavy atom. The number of carbonyl (C=O) groups is 1. The van der Waals surface area contributed by atoms with Crippen LogP contribution in [0.1, 0.15) is 34.9 Å². The van der Waals surface area contributed by atoms with Crippen LogP contribution < -0.4 is 10.9 Å². The minimum absolute atomic E-state index is 0.0276. The molecule has 1 aliphatic rings.